The number of methoxy groups -OCH3 is 1. The van der Waals surface area contributed by atoms with Crippen LogP contribution in [-0.4, -0.2) is 53.8 Å². The maximum Gasteiger partial charge on any atom is 0.335 e. The Morgan fingerprint density at radius 3 is 2.33 bits per heavy atom. The Morgan fingerprint density at radius 1 is 0.939 bits per heavy atom. The lowest BCUT2D eigenvalue weighted by Gasteiger charge is -2.40. The first kappa shape index (κ1) is 34.0. The van der Waals surface area contributed by atoms with Crippen LogP contribution in [0.2, 0.25) is 5.02 Å². The van der Waals surface area contributed by atoms with Crippen molar-refractivity contribution in [3.05, 3.63) is 124 Å². The number of hydrogen-bond acceptors (Lipinski definition) is 6. The lowest BCUT2D eigenvalue weighted by molar-refractivity contribution is -0.118. The second-order valence-corrected chi connectivity index (χ2v) is 14.6. The molecule has 4 aromatic carbocycles. The molecule has 0 aliphatic carbocycles. The Bertz CT molecular complexity index is 1910. The fourth-order valence-corrected chi connectivity index (χ4v) is 7.89. The molecule has 49 heavy (non-hydrogen) atoms. The van der Waals surface area contributed by atoms with Crippen molar-refractivity contribution < 1.29 is 29.3 Å². The standard InChI is InChI=1S/C39H40ClN3O6/c1-38(2,3)20-32-39(22-43(30-19-27(40)14-15-28(30)39)21-23-9-8-12-25(17-23)36(45)46)33(24-10-6-5-7-11-24)34(42-32)35(44)41-29-16-13-26(37(47)48)18-31(29)49-4/h5-19,32-34,42H,20-22H2,1-4H3,(H,41,44)(H,45,46)(H,47,48)/t32-,33-,34+,39-/m0/s1. The third-order valence-corrected chi connectivity index (χ3v) is 9.89. The van der Waals surface area contributed by atoms with Crippen molar-refractivity contribution in [3.8, 4) is 5.75 Å². The van der Waals surface area contributed by atoms with Crippen LogP contribution in [0.15, 0.2) is 91.0 Å². The normalized spacial score (nSPS) is 21.4. The number of anilines is 2. The van der Waals surface area contributed by atoms with Gasteiger partial charge in [0.15, 0.2) is 0 Å². The average Bonchev–Trinajstić information content (AvgIpc) is 3.54. The van der Waals surface area contributed by atoms with Crippen molar-refractivity contribution in [1.29, 1.82) is 0 Å². The van der Waals surface area contributed by atoms with Crippen LogP contribution in [0.1, 0.15) is 70.5 Å². The van der Waals surface area contributed by atoms with E-state index in [9.17, 15) is 24.6 Å². The van der Waals surface area contributed by atoms with Crippen LogP contribution in [0, 0.1) is 5.41 Å². The number of rotatable bonds is 9. The van der Waals surface area contributed by atoms with Gasteiger partial charge in [-0.25, -0.2) is 9.59 Å². The Labute approximate surface area is 290 Å². The summed E-state index contributed by atoms with van der Waals surface area (Å²) in [5.74, 6) is -2.43. The van der Waals surface area contributed by atoms with E-state index in [4.69, 9.17) is 16.3 Å². The molecule has 2 aliphatic heterocycles. The van der Waals surface area contributed by atoms with Crippen LogP contribution in [-0.2, 0) is 16.8 Å². The number of carboxylic acid groups (broad SMARTS) is 2. The zero-order chi connectivity index (χ0) is 35.1. The molecule has 0 bridgehead atoms. The first-order valence-electron chi connectivity index (χ1n) is 16.2. The van der Waals surface area contributed by atoms with Crippen molar-refractivity contribution in [2.75, 3.05) is 23.9 Å². The molecule has 4 atom stereocenters. The van der Waals surface area contributed by atoms with Crippen LogP contribution in [0.4, 0.5) is 11.4 Å². The van der Waals surface area contributed by atoms with E-state index in [2.05, 4.69) is 54.5 Å². The topological polar surface area (TPSA) is 128 Å². The van der Waals surface area contributed by atoms with E-state index in [1.807, 2.05) is 36.4 Å². The molecule has 1 spiro atoms. The van der Waals surface area contributed by atoms with E-state index in [1.165, 1.54) is 19.2 Å². The summed E-state index contributed by atoms with van der Waals surface area (Å²) in [7, 11) is 1.44. The largest absolute Gasteiger partial charge is 0.495 e. The molecule has 1 saturated heterocycles. The van der Waals surface area contributed by atoms with E-state index in [-0.39, 0.29) is 40.2 Å². The average molecular weight is 682 g/mol. The van der Waals surface area contributed by atoms with E-state index in [0.29, 0.717) is 23.8 Å². The molecule has 6 rings (SSSR count). The first-order chi connectivity index (χ1) is 23.3. The van der Waals surface area contributed by atoms with Gasteiger partial charge in [0, 0.05) is 41.2 Å². The summed E-state index contributed by atoms with van der Waals surface area (Å²) in [5.41, 5.74) is 3.80. The molecule has 0 radical (unpaired) electrons. The van der Waals surface area contributed by atoms with Crippen LogP contribution >= 0.6 is 11.6 Å². The van der Waals surface area contributed by atoms with E-state index in [1.54, 1.807) is 24.3 Å². The Hall–Kier alpha value is -4.86. The van der Waals surface area contributed by atoms with Gasteiger partial charge >= 0.3 is 11.9 Å². The maximum atomic E-state index is 14.5. The molecule has 1 amide bonds. The molecule has 4 N–H and O–H groups in total. The first-order valence-corrected chi connectivity index (χ1v) is 16.6. The molecule has 10 heteroatoms. The number of halogens is 1. The number of carbonyl (C=O) groups is 3. The predicted octanol–water partition coefficient (Wildman–Crippen LogP) is 7.20. The number of ether oxygens (including phenoxy) is 1. The molecule has 0 aromatic heterocycles. The van der Waals surface area contributed by atoms with Crippen molar-refractivity contribution >= 4 is 40.8 Å². The minimum Gasteiger partial charge on any atom is -0.495 e. The van der Waals surface area contributed by atoms with Gasteiger partial charge in [-0.2, -0.15) is 0 Å². The van der Waals surface area contributed by atoms with Crippen LogP contribution < -0.4 is 20.3 Å². The highest BCUT2D eigenvalue weighted by Gasteiger charge is 2.62. The predicted molar refractivity (Wildman–Crippen MR) is 190 cm³/mol. The van der Waals surface area contributed by atoms with Gasteiger partial charge in [0.05, 0.1) is 30.0 Å². The van der Waals surface area contributed by atoms with Crippen LogP contribution in [0.25, 0.3) is 0 Å². The molecule has 0 saturated carbocycles. The zero-order valence-electron chi connectivity index (χ0n) is 27.9. The third-order valence-electron chi connectivity index (χ3n) is 9.66. The monoisotopic (exact) mass is 681 g/mol. The number of hydrogen-bond donors (Lipinski definition) is 4. The number of benzene rings is 4. The zero-order valence-corrected chi connectivity index (χ0v) is 28.6. The molecule has 2 heterocycles. The van der Waals surface area contributed by atoms with Gasteiger partial charge < -0.3 is 30.5 Å². The number of nitrogens with one attached hydrogen (secondary N) is 2. The summed E-state index contributed by atoms with van der Waals surface area (Å²) in [6.07, 6.45) is 0.751. The number of amides is 1. The third kappa shape index (κ3) is 6.60. The summed E-state index contributed by atoms with van der Waals surface area (Å²) in [6.45, 7) is 7.57. The van der Waals surface area contributed by atoms with Crippen LogP contribution in [0.5, 0.6) is 5.75 Å². The summed E-state index contributed by atoms with van der Waals surface area (Å²) in [4.78, 5) is 40.2. The van der Waals surface area contributed by atoms with Gasteiger partial charge in [-0.3, -0.25) is 4.79 Å². The summed E-state index contributed by atoms with van der Waals surface area (Å²) in [6, 6.07) is 26.5. The second kappa shape index (κ2) is 13.2. The van der Waals surface area contributed by atoms with E-state index < -0.39 is 23.4 Å². The second-order valence-electron chi connectivity index (χ2n) is 14.1. The van der Waals surface area contributed by atoms with Crippen LogP contribution in [0.3, 0.4) is 0 Å². The molecule has 2 aliphatic rings. The highest BCUT2D eigenvalue weighted by molar-refractivity contribution is 6.31. The quantitative estimate of drug-likeness (QED) is 0.146. The molecule has 1 fully saturated rings. The molecular weight excluding hydrogens is 642 g/mol. The minimum atomic E-state index is -1.09. The highest BCUT2D eigenvalue weighted by atomic mass is 35.5. The van der Waals surface area contributed by atoms with Gasteiger partial charge in [0.2, 0.25) is 5.91 Å². The summed E-state index contributed by atoms with van der Waals surface area (Å²) in [5, 5.41) is 26.6. The highest BCUT2D eigenvalue weighted by Crippen LogP contribution is 2.58. The van der Waals surface area contributed by atoms with Crippen molar-refractivity contribution in [1.82, 2.24) is 5.32 Å². The Morgan fingerprint density at radius 2 is 1.65 bits per heavy atom. The Kier molecular flexibility index (Phi) is 9.17. The van der Waals surface area contributed by atoms with E-state index in [0.717, 1.165) is 28.8 Å². The van der Waals surface area contributed by atoms with Crippen molar-refractivity contribution in [2.45, 2.75) is 57.2 Å². The smallest absolute Gasteiger partial charge is 0.335 e. The number of aromatic carboxylic acids is 2. The number of fused-ring (bicyclic) bond motifs is 2. The van der Waals surface area contributed by atoms with Crippen molar-refractivity contribution in [3.63, 3.8) is 0 Å². The lowest BCUT2D eigenvalue weighted by atomic mass is 9.63. The van der Waals surface area contributed by atoms with Gasteiger partial charge in [0.1, 0.15) is 5.75 Å². The molecule has 4 aromatic rings. The van der Waals surface area contributed by atoms with Crippen molar-refractivity contribution in [2.24, 2.45) is 5.41 Å². The van der Waals surface area contributed by atoms with Gasteiger partial charge in [0.25, 0.3) is 0 Å². The van der Waals surface area contributed by atoms with Gasteiger partial charge in [-0.15, -0.1) is 0 Å². The number of nitrogens with zero attached hydrogens (tertiary/aromatic N) is 1. The maximum absolute atomic E-state index is 14.5. The fraction of sp³-hybridized carbons (Fsp3) is 0.308. The van der Waals surface area contributed by atoms with Gasteiger partial charge in [-0.1, -0.05) is 80.9 Å². The summed E-state index contributed by atoms with van der Waals surface area (Å²) >= 11 is 6.65. The number of carbonyl (C=O) groups excluding carboxylic acids is 1. The van der Waals surface area contributed by atoms with Gasteiger partial charge in [-0.05, 0) is 71.0 Å². The Balaban J connectivity index is 1.49. The fourth-order valence-electron chi connectivity index (χ4n) is 7.72. The lowest BCUT2D eigenvalue weighted by Crippen LogP contribution is -2.48. The molecule has 0 unspecified atom stereocenters. The number of carboxylic acids is 2. The molecule has 254 valence electrons. The SMILES string of the molecule is COc1cc(C(=O)O)ccc1NC(=O)[C@@H]1N[C@@H](CC(C)(C)C)[C@@]2(CN(Cc3cccc(C(=O)O)c3)c3cc(Cl)ccc32)[C@H]1c1ccccc1. The molecule has 9 nitrogen and oxygen atoms in total. The molecular formula is C39H40ClN3O6. The minimum absolute atomic E-state index is 0.0513. The van der Waals surface area contributed by atoms with E-state index >= 15 is 0 Å². The summed E-state index contributed by atoms with van der Waals surface area (Å²) < 4.78 is 5.49.